The highest BCUT2D eigenvalue weighted by Gasteiger charge is 2.16. The number of aromatic nitrogens is 3. The summed E-state index contributed by atoms with van der Waals surface area (Å²) in [5.74, 6) is 0.916. The molecule has 114 valence electrons. The van der Waals surface area contributed by atoms with Crippen molar-refractivity contribution in [1.29, 1.82) is 0 Å². The molecule has 0 bridgehead atoms. The number of nitrogens with one attached hydrogen (secondary N) is 1. The lowest BCUT2D eigenvalue weighted by atomic mass is 10.3. The molecule has 0 atom stereocenters. The van der Waals surface area contributed by atoms with E-state index in [2.05, 4.69) is 26.0 Å². The summed E-state index contributed by atoms with van der Waals surface area (Å²) in [7, 11) is 1.52. The summed E-state index contributed by atoms with van der Waals surface area (Å²) in [5, 5.41) is 4.78. The zero-order chi connectivity index (χ0) is 15.9. The average molecular weight is 421 g/mol. The van der Waals surface area contributed by atoms with Gasteiger partial charge < -0.3 is 4.74 Å². The van der Waals surface area contributed by atoms with Gasteiger partial charge in [-0.05, 0) is 40.2 Å². The van der Waals surface area contributed by atoms with E-state index in [1.807, 2.05) is 0 Å². The van der Waals surface area contributed by atoms with Crippen LogP contribution in [0.4, 0.5) is 0 Å². The van der Waals surface area contributed by atoms with E-state index < -0.39 is 5.69 Å². The Labute approximate surface area is 147 Å². The van der Waals surface area contributed by atoms with Crippen LogP contribution in [-0.2, 0) is 0 Å². The Morgan fingerprint density at radius 3 is 2.77 bits per heavy atom. The van der Waals surface area contributed by atoms with Gasteiger partial charge in [0.15, 0.2) is 5.82 Å². The third-order valence-electron chi connectivity index (χ3n) is 2.87. The van der Waals surface area contributed by atoms with E-state index in [1.54, 1.807) is 24.3 Å². The van der Waals surface area contributed by atoms with Gasteiger partial charge in [-0.3, -0.25) is 4.98 Å². The van der Waals surface area contributed by atoms with Crippen LogP contribution in [0.5, 0.6) is 5.75 Å². The fourth-order valence-corrected chi connectivity index (χ4v) is 3.70. The minimum absolute atomic E-state index is 0.392. The Balaban J connectivity index is 2.14. The molecule has 0 amide bonds. The first-order valence-electron chi connectivity index (χ1n) is 5.98. The lowest BCUT2D eigenvalue weighted by Gasteiger charge is -2.07. The van der Waals surface area contributed by atoms with Gasteiger partial charge in [0.1, 0.15) is 15.8 Å². The minimum atomic E-state index is -0.392. The first kappa shape index (κ1) is 15.6. The van der Waals surface area contributed by atoms with Crippen LogP contribution < -0.4 is 10.4 Å². The summed E-state index contributed by atoms with van der Waals surface area (Å²) in [6.45, 7) is 0. The van der Waals surface area contributed by atoms with Gasteiger partial charge in [0.2, 0.25) is 0 Å². The second-order valence-electron chi connectivity index (χ2n) is 4.24. The highest BCUT2D eigenvalue weighted by molar-refractivity contribution is 9.10. The summed E-state index contributed by atoms with van der Waals surface area (Å²) < 4.78 is 7.80. The van der Waals surface area contributed by atoms with Crippen molar-refractivity contribution in [2.45, 2.75) is 0 Å². The normalized spacial score (nSPS) is 10.9. The lowest BCUT2D eigenvalue weighted by molar-refractivity contribution is 0.411. The van der Waals surface area contributed by atoms with Gasteiger partial charge in [-0.1, -0.05) is 23.2 Å². The number of thiophene rings is 1. The molecule has 9 heteroatoms. The molecule has 0 aliphatic heterocycles. The summed E-state index contributed by atoms with van der Waals surface area (Å²) in [6, 6.07) is 6.77. The smallest absolute Gasteiger partial charge is 0.348 e. The van der Waals surface area contributed by atoms with Crippen molar-refractivity contribution in [3.05, 3.63) is 48.6 Å². The van der Waals surface area contributed by atoms with E-state index >= 15 is 0 Å². The Morgan fingerprint density at radius 2 is 2.14 bits per heavy atom. The number of halogens is 3. The van der Waals surface area contributed by atoms with Crippen molar-refractivity contribution in [2.24, 2.45) is 0 Å². The molecule has 3 aromatic rings. The van der Waals surface area contributed by atoms with Crippen molar-refractivity contribution in [1.82, 2.24) is 14.8 Å². The van der Waals surface area contributed by atoms with Gasteiger partial charge >= 0.3 is 5.69 Å². The van der Waals surface area contributed by atoms with E-state index in [1.165, 1.54) is 23.1 Å². The first-order chi connectivity index (χ1) is 10.5. The first-order valence-corrected chi connectivity index (χ1v) is 8.34. The number of aromatic amines is 1. The van der Waals surface area contributed by atoms with Gasteiger partial charge in [-0.2, -0.15) is 4.68 Å². The Hall–Kier alpha value is -1.28. The van der Waals surface area contributed by atoms with Crippen LogP contribution in [-0.4, -0.2) is 21.9 Å². The maximum Gasteiger partial charge on any atom is 0.348 e. The zero-order valence-electron chi connectivity index (χ0n) is 11.1. The molecular weight excluding hydrogens is 413 g/mol. The van der Waals surface area contributed by atoms with Crippen LogP contribution in [0.3, 0.4) is 0 Å². The number of nitrogens with zero attached hydrogens (tertiary/aromatic N) is 2. The SMILES string of the molecule is COc1ccc(Cl)cc1-n1nc(-c2cc(Br)c(Cl)s2)[nH]c1=O. The second-order valence-corrected chi connectivity index (χ2v) is 7.18. The molecule has 2 heterocycles. The maximum absolute atomic E-state index is 12.2. The summed E-state index contributed by atoms with van der Waals surface area (Å²) in [4.78, 5) is 15.6. The molecule has 0 aliphatic carbocycles. The molecule has 0 fully saturated rings. The van der Waals surface area contributed by atoms with E-state index in [0.717, 1.165) is 9.35 Å². The number of H-pyrrole nitrogens is 1. The molecule has 22 heavy (non-hydrogen) atoms. The molecular formula is C13H8BrCl2N3O2S. The van der Waals surface area contributed by atoms with Gasteiger partial charge in [-0.25, -0.2) is 4.79 Å². The predicted molar refractivity (Wildman–Crippen MR) is 91.8 cm³/mol. The van der Waals surface area contributed by atoms with Crippen LogP contribution in [0.1, 0.15) is 0 Å². The van der Waals surface area contributed by atoms with E-state index in [4.69, 9.17) is 27.9 Å². The molecule has 0 aliphatic rings. The maximum atomic E-state index is 12.2. The number of ether oxygens (including phenoxy) is 1. The van der Waals surface area contributed by atoms with Gasteiger partial charge in [0.25, 0.3) is 0 Å². The van der Waals surface area contributed by atoms with E-state index in [-0.39, 0.29) is 0 Å². The zero-order valence-corrected chi connectivity index (χ0v) is 15.0. The predicted octanol–water partition coefficient (Wildman–Crippen LogP) is 4.37. The van der Waals surface area contributed by atoms with Crippen LogP contribution in [0, 0.1) is 0 Å². The Bertz CT molecular complexity index is 884. The molecule has 0 saturated heterocycles. The van der Waals surface area contributed by atoms with Gasteiger partial charge in [0, 0.05) is 9.50 Å². The minimum Gasteiger partial charge on any atom is -0.494 e. The number of methoxy groups -OCH3 is 1. The molecule has 1 N–H and O–H groups in total. The fourth-order valence-electron chi connectivity index (χ4n) is 1.89. The third kappa shape index (κ3) is 2.81. The second kappa shape index (κ2) is 6.08. The Kier molecular flexibility index (Phi) is 4.31. The quantitative estimate of drug-likeness (QED) is 0.684. The molecule has 0 radical (unpaired) electrons. The lowest BCUT2D eigenvalue weighted by Crippen LogP contribution is -2.16. The molecule has 0 unspecified atom stereocenters. The van der Waals surface area contributed by atoms with Crippen molar-refractivity contribution in [3.63, 3.8) is 0 Å². The number of hydrogen-bond acceptors (Lipinski definition) is 4. The van der Waals surface area contributed by atoms with E-state index in [0.29, 0.717) is 26.6 Å². The van der Waals surface area contributed by atoms with Crippen molar-refractivity contribution in [2.75, 3.05) is 7.11 Å². The van der Waals surface area contributed by atoms with Crippen molar-refractivity contribution < 1.29 is 4.74 Å². The van der Waals surface area contributed by atoms with Crippen LogP contribution in [0.2, 0.25) is 9.36 Å². The van der Waals surface area contributed by atoms with Gasteiger partial charge in [-0.15, -0.1) is 16.4 Å². The summed E-state index contributed by atoms with van der Waals surface area (Å²) in [6.07, 6.45) is 0. The molecule has 5 nitrogen and oxygen atoms in total. The van der Waals surface area contributed by atoms with Gasteiger partial charge in [0.05, 0.1) is 12.0 Å². The van der Waals surface area contributed by atoms with Crippen molar-refractivity contribution in [3.8, 4) is 22.1 Å². The van der Waals surface area contributed by atoms with Crippen LogP contribution >= 0.6 is 50.5 Å². The van der Waals surface area contributed by atoms with Crippen molar-refractivity contribution >= 4 is 50.5 Å². The molecule has 2 aromatic heterocycles. The monoisotopic (exact) mass is 419 g/mol. The molecule has 3 rings (SSSR count). The molecule has 0 saturated carbocycles. The largest absolute Gasteiger partial charge is 0.494 e. The summed E-state index contributed by atoms with van der Waals surface area (Å²) in [5.41, 5.74) is 0.0698. The standard InChI is InChI=1S/C13H8BrCl2N3O2S/c1-21-9-3-2-6(15)4-8(9)19-13(20)17-12(18-19)10-5-7(14)11(16)22-10/h2-5H,1H3,(H,17,18,20). The highest BCUT2D eigenvalue weighted by atomic mass is 79.9. The van der Waals surface area contributed by atoms with Crippen LogP contribution in [0.25, 0.3) is 16.4 Å². The fraction of sp³-hybridized carbons (Fsp3) is 0.0769. The number of rotatable bonds is 3. The topological polar surface area (TPSA) is 59.9 Å². The van der Waals surface area contributed by atoms with Crippen LogP contribution in [0.15, 0.2) is 33.5 Å². The number of benzene rings is 1. The molecule has 1 aromatic carbocycles. The third-order valence-corrected chi connectivity index (χ3v) is 5.58. The van der Waals surface area contributed by atoms with E-state index in [9.17, 15) is 4.79 Å². The average Bonchev–Trinajstić information content (AvgIpc) is 3.02. The summed E-state index contributed by atoms with van der Waals surface area (Å²) >= 11 is 16.7. The highest BCUT2D eigenvalue weighted by Crippen LogP contribution is 2.36. The molecule has 0 spiro atoms. The number of hydrogen-bond donors (Lipinski definition) is 1. The Morgan fingerprint density at radius 1 is 1.36 bits per heavy atom.